The van der Waals surface area contributed by atoms with Crippen LogP contribution in [0, 0.1) is 0 Å². The summed E-state index contributed by atoms with van der Waals surface area (Å²) in [6, 6.07) is 5.12. The maximum atomic E-state index is 11.6. The number of fused-ring (bicyclic) bond motifs is 1. The molecule has 0 saturated carbocycles. The number of phenols is 3. The van der Waals surface area contributed by atoms with Crippen LogP contribution in [-0.2, 0) is 4.74 Å². The van der Waals surface area contributed by atoms with Gasteiger partial charge in [0.05, 0.1) is 5.39 Å². The van der Waals surface area contributed by atoms with Gasteiger partial charge in [-0.05, 0) is 31.4 Å². The third kappa shape index (κ3) is 3.76. The summed E-state index contributed by atoms with van der Waals surface area (Å²) in [7, 11) is 0. The molecule has 0 atom stereocenters. The Morgan fingerprint density at radius 3 is 2.10 bits per heavy atom. The van der Waals surface area contributed by atoms with Gasteiger partial charge in [0.2, 0.25) is 11.2 Å². The van der Waals surface area contributed by atoms with Gasteiger partial charge in [-0.15, -0.1) is 0 Å². The first kappa shape index (κ1) is 16.6. The van der Waals surface area contributed by atoms with Crippen molar-refractivity contribution >= 4 is 10.8 Å². The highest BCUT2D eigenvalue weighted by molar-refractivity contribution is 5.92. The molecule has 0 aliphatic rings. The van der Waals surface area contributed by atoms with Gasteiger partial charge in [-0.2, -0.15) is 0 Å². The fourth-order valence-corrected chi connectivity index (χ4v) is 1.69. The Kier molecular flexibility index (Phi) is 5.80. The molecule has 6 nitrogen and oxygen atoms in total. The molecule has 0 amide bonds. The highest BCUT2D eigenvalue weighted by atomic mass is 16.5. The Morgan fingerprint density at radius 2 is 1.57 bits per heavy atom. The lowest BCUT2D eigenvalue weighted by atomic mass is 10.1. The molecule has 6 heteroatoms. The van der Waals surface area contributed by atoms with Crippen LogP contribution in [0.5, 0.6) is 23.0 Å². The van der Waals surface area contributed by atoms with Crippen LogP contribution in [0.3, 0.4) is 0 Å². The Hall–Kier alpha value is -2.47. The zero-order valence-corrected chi connectivity index (χ0v) is 11.8. The van der Waals surface area contributed by atoms with Gasteiger partial charge < -0.3 is 25.2 Å². The molecule has 114 valence electrons. The Morgan fingerprint density at radius 1 is 0.952 bits per heavy atom. The second kappa shape index (κ2) is 7.35. The van der Waals surface area contributed by atoms with Gasteiger partial charge in [0.25, 0.3) is 0 Å². The maximum Gasteiger partial charge on any atom is 0.231 e. The quantitative estimate of drug-likeness (QED) is 0.632. The van der Waals surface area contributed by atoms with Crippen LogP contribution in [0.2, 0.25) is 0 Å². The van der Waals surface area contributed by atoms with Gasteiger partial charge in [0.1, 0.15) is 0 Å². The molecule has 2 aromatic carbocycles. The number of hydrogen-bond acceptors (Lipinski definition) is 6. The van der Waals surface area contributed by atoms with Crippen molar-refractivity contribution in [2.45, 2.75) is 13.8 Å². The summed E-state index contributed by atoms with van der Waals surface area (Å²) in [5.74, 6) is -2.60. The van der Waals surface area contributed by atoms with E-state index in [1.54, 1.807) is 0 Å². The van der Waals surface area contributed by atoms with Gasteiger partial charge in [-0.25, -0.2) is 0 Å². The van der Waals surface area contributed by atoms with Crippen LogP contribution in [0.25, 0.3) is 10.8 Å². The first-order valence-electron chi connectivity index (χ1n) is 6.41. The number of hydrogen-bond donors (Lipinski definition) is 4. The number of aromatic hydroxyl groups is 4. The molecule has 2 aromatic rings. The van der Waals surface area contributed by atoms with Crippen LogP contribution >= 0.6 is 0 Å². The predicted molar refractivity (Wildman–Crippen MR) is 79.0 cm³/mol. The van der Waals surface area contributed by atoms with Crippen molar-refractivity contribution in [1.29, 1.82) is 0 Å². The van der Waals surface area contributed by atoms with E-state index in [1.165, 1.54) is 12.1 Å². The van der Waals surface area contributed by atoms with Gasteiger partial charge in [-0.1, -0.05) is 12.1 Å². The maximum absolute atomic E-state index is 11.6. The summed E-state index contributed by atoms with van der Waals surface area (Å²) < 4.78 is 4.83. The van der Waals surface area contributed by atoms with Crippen molar-refractivity contribution in [3.05, 3.63) is 34.5 Å². The molecule has 4 N–H and O–H groups in total. The zero-order valence-electron chi connectivity index (χ0n) is 11.8. The Bertz CT molecular complexity index is 679. The summed E-state index contributed by atoms with van der Waals surface area (Å²) in [6.45, 7) is 5.67. The van der Waals surface area contributed by atoms with Gasteiger partial charge >= 0.3 is 0 Å². The molecule has 0 saturated heterocycles. The first-order chi connectivity index (χ1) is 9.93. The molecule has 0 aliphatic heterocycles. The number of phenolic OH excluding ortho intramolecular Hbond substituents is 3. The minimum absolute atomic E-state index is 0.220. The molecule has 0 heterocycles. The molecule has 0 bridgehead atoms. The SMILES string of the molecule is CCOCC.O=c1c(O)cccc2cc(O)c(O)c(O)c12. The lowest BCUT2D eigenvalue weighted by Crippen LogP contribution is -1.97. The first-order valence-corrected chi connectivity index (χ1v) is 6.41. The van der Waals surface area contributed by atoms with Crippen LogP contribution in [0.1, 0.15) is 13.8 Å². The summed E-state index contributed by atoms with van der Waals surface area (Å²) >= 11 is 0. The normalized spacial score (nSPS) is 10.0. The highest BCUT2D eigenvalue weighted by Gasteiger charge is 2.14. The molecule has 0 fully saturated rings. The fourth-order valence-electron chi connectivity index (χ4n) is 1.69. The molecule has 0 radical (unpaired) electrons. The van der Waals surface area contributed by atoms with Crippen LogP contribution in [0.4, 0.5) is 0 Å². The van der Waals surface area contributed by atoms with Crippen molar-refractivity contribution < 1.29 is 25.2 Å². The minimum atomic E-state index is -0.812. The summed E-state index contributed by atoms with van der Waals surface area (Å²) in [5, 5.41) is 37.4. The van der Waals surface area contributed by atoms with E-state index in [4.69, 9.17) is 4.74 Å². The Labute approximate surface area is 121 Å². The van der Waals surface area contributed by atoms with Gasteiger partial charge in [0.15, 0.2) is 17.2 Å². The fraction of sp³-hybridized carbons (Fsp3) is 0.267. The van der Waals surface area contributed by atoms with E-state index in [1.807, 2.05) is 13.8 Å². The zero-order chi connectivity index (χ0) is 16.0. The number of ether oxygens (including phenoxy) is 1. The average molecular weight is 294 g/mol. The predicted octanol–water partition coefficient (Wildman–Crippen LogP) is 2.07. The largest absolute Gasteiger partial charge is 0.504 e. The molecular formula is C15H18O6. The van der Waals surface area contributed by atoms with Crippen molar-refractivity contribution in [2.24, 2.45) is 0 Å². The molecular weight excluding hydrogens is 276 g/mol. The minimum Gasteiger partial charge on any atom is -0.504 e. The van der Waals surface area contributed by atoms with E-state index in [9.17, 15) is 25.2 Å². The lowest BCUT2D eigenvalue weighted by Gasteiger charge is -2.02. The molecule has 0 aromatic heterocycles. The highest BCUT2D eigenvalue weighted by Crippen LogP contribution is 2.39. The summed E-state index contributed by atoms with van der Waals surface area (Å²) in [4.78, 5) is 11.6. The smallest absolute Gasteiger partial charge is 0.231 e. The molecule has 0 aliphatic carbocycles. The number of rotatable bonds is 2. The van der Waals surface area contributed by atoms with Crippen molar-refractivity contribution in [3.8, 4) is 23.0 Å². The van der Waals surface area contributed by atoms with Gasteiger partial charge in [-0.3, -0.25) is 4.79 Å². The van der Waals surface area contributed by atoms with E-state index in [2.05, 4.69) is 0 Å². The molecule has 0 spiro atoms. The monoisotopic (exact) mass is 294 g/mol. The van der Waals surface area contributed by atoms with Crippen molar-refractivity contribution in [3.63, 3.8) is 0 Å². The third-order valence-corrected chi connectivity index (χ3v) is 2.68. The lowest BCUT2D eigenvalue weighted by molar-refractivity contribution is 0.162. The average Bonchev–Trinajstić information content (AvgIpc) is 2.58. The van der Waals surface area contributed by atoms with E-state index < -0.39 is 28.4 Å². The van der Waals surface area contributed by atoms with Crippen molar-refractivity contribution in [2.75, 3.05) is 13.2 Å². The van der Waals surface area contributed by atoms with E-state index in [0.717, 1.165) is 25.3 Å². The second-order valence-corrected chi connectivity index (χ2v) is 4.08. The second-order valence-electron chi connectivity index (χ2n) is 4.08. The van der Waals surface area contributed by atoms with Crippen LogP contribution in [0.15, 0.2) is 29.1 Å². The van der Waals surface area contributed by atoms with E-state index >= 15 is 0 Å². The van der Waals surface area contributed by atoms with Crippen molar-refractivity contribution in [1.82, 2.24) is 0 Å². The molecule has 2 rings (SSSR count). The third-order valence-electron chi connectivity index (χ3n) is 2.68. The summed E-state index contributed by atoms with van der Waals surface area (Å²) in [6.07, 6.45) is 0. The standard InChI is InChI=1S/C11H8O5.C4H10O/c12-6-3-1-2-5-4-7(13)10(15)11(16)8(5)9(6)14;1-3-5-4-2/h1-4,13,15-16H,(H,12,14);3-4H2,1-2H3. The van der Waals surface area contributed by atoms with E-state index in [0.29, 0.717) is 0 Å². The van der Waals surface area contributed by atoms with E-state index in [-0.39, 0.29) is 10.8 Å². The topological polar surface area (TPSA) is 107 Å². The van der Waals surface area contributed by atoms with Crippen LogP contribution < -0.4 is 5.43 Å². The Balaban J connectivity index is 0.000000383. The van der Waals surface area contributed by atoms with Crippen LogP contribution in [-0.4, -0.2) is 33.6 Å². The molecule has 0 unspecified atom stereocenters. The molecule has 21 heavy (non-hydrogen) atoms. The van der Waals surface area contributed by atoms with Gasteiger partial charge in [0, 0.05) is 13.2 Å². The number of benzene rings is 1. The summed E-state index contributed by atoms with van der Waals surface area (Å²) in [5.41, 5.74) is -0.812.